The van der Waals surface area contributed by atoms with Gasteiger partial charge in [0, 0.05) is 0 Å². The number of aromatic hydroxyl groups is 1. The molecule has 142 valence electrons. The highest BCUT2D eigenvalue weighted by Gasteiger charge is 2.37. The van der Waals surface area contributed by atoms with Gasteiger partial charge in [0.05, 0.1) is 5.41 Å². The second-order valence-electron chi connectivity index (χ2n) is 8.18. The van der Waals surface area contributed by atoms with E-state index in [0.717, 1.165) is 25.7 Å². The molecule has 3 heteroatoms. The van der Waals surface area contributed by atoms with E-state index < -0.39 is 0 Å². The normalized spacial score (nSPS) is 17.4. The molecule has 0 aromatic heterocycles. The lowest BCUT2D eigenvalue weighted by Gasteiger charge is -2.29. The maximum atomic E-state index is 11.8. The number of ether oxygens (including phenoxy) is 1. The zero-order valence-electron chi connectivity index (χ0n) is 16.9. The molecule has 1 aromatic carbocycles. The molecule has 2 rings (SSSR count). The Morgan fingerprint density at radius 2 is 1.72 bits per heavy atom. The van der Waals surface area contributed by atoms with E-state index in [1.807, 2.05) is 32.9 Å². The Balaban J connectivity index is 0.000000257. The number of carbonyl (C=O) groups is 1. The summed E-state index contributed by atoms with van der Waals surface area (Å²) in [5.41, 5.74) is 0.792. The zero-order valence-corrected chi connectivity index (χ0v) is 16.9. The third-order valence-corrected chi connectivity index (χ3v) is 5.51. The fourth-order valence-electron chi connectivity index (χ4n) is 2.77. The van der Waals surface area contributed by atoms with Crippen LogP contribution in [0.5, 0.6) is 5.75 Å². The Morgan fingerprint density at radius 1 is 1.20 bits per heavy atom. The third kappa shape index (κ3) is 6.72. The Labute approximate surface area is 153 Å². The lowest BCUT2D eigenvalue weighted by molar-refractivity contribution is -0.168. The number of phenolic OH excluding ortho intramolecular Hbond substituents is 1. The molecule has 1 N–H and O–H groups in total. The number of carbonyl (C=O) groups excluding carboxylic acids is 1. The molecule has 1 fully saturated rings. The lowest BCUT2D eigenvalue weighted by Crippen LogP contribution is -2.35. The van der Waals surface area contributed by atoms with Crippen LogP contribution in [0.2, 0.25) is 0 Å². The van der Waals surface area contributed by atoms with Crippen LogP contribution in [0.25, 0.3) is 0 Å². The van der Waals surface area contributed by atoms with Crippen molar-refractivity contribution in [3.8, 4) is 5.75 Å². The predicted molar refractivity (Wildman–Crippen MR) is 104 cm³/mol. The summed E-state index contributed by atoms with van der Waals surface area (Å²) in [6.45, 7) is 12.3. The number of rotatable bonds is 5. The molecule has 0 heterocycles. The van der Waals surface area contributed by atoms with Crippen LogP contribution in [0.3, 0.4) is 0 Å². The van der Waals surface area contributed by atoms with E-state index in [1.54, 1.807) is 12.1 Å². The molecule has 0 aliphatic heterocycles. The van der Waals surface area contributed by atoms with Crippen LogP contribution in [0.4, 0.5) is 0 Å². The molecule has 1 aliphatic carbocycles. The largest absolute Gasteiger partial charge is 0.508 e. The van der Waals surface area contributed by atoms with Crippen LogP contribution < -0.4 is 0 Å². The van der Waals surface area contributed by atoms with E-state index in [0.29, 0.717) is 11.7 Å². The molecular formula is C22H36O3. The fraction of sp³-hybridized carbons (Fsp3) is 0.682. The van der Waals surface area contributed by atoms with Gasteiger partial charge in [0.2, 0.25) is 0 Å². The van der Waals surface area contributed by atoms with E-state index in [-0.39, 0.29) is 17.0 Å². The van der Waals surface area contributed by atoms with Gasteiger partial charge in [0.1, 0.15) is 11.4 Å². The maximum absolute atomic E-state index is 11.8. The quantitative estimate of drug-likeness (QED) is 0.644. The second-order valence-corrected chi connectivity index (χ2v) is 8.18. The van der Waals surface area contributed by atoms with E-state index >= 15 is 0 Å². The molecule has 0 spiro atoms. The fourth-order valence-corrected chi connectivity index (χ4v) is 2.77. The topological polar surface area (TPSA) is 46.5 Å². The van der Waals surface area contributed by atoms with Crippen molar-refractivity contribution in [2.45, 2.75) is 91.6 Å². The molecule has 1 saturated carbocycles. The van der Waals surface area contributed by atoms with Crippen molar-refractivity contribution < 1.29 is 14.6 Å². The third-order valence-electron chi connectivity index (χ3n) is 5.51. The first-order chi connectivity index (χ1) is 11.6. The van der Waals surface area contributed by atoms with Crippen LogP contribution >= 0.6 is 0 Å². The average Bonchev–Trinajstić information content (AvgIpc) is 3.01. The number of benzene rings is 1. The number of hydrogen-bond donors (Lipinski definition) is 1. The average molecular weight is 349 g/mol. The van der Waals surface area contributed by atoms with Gasteiger partial charge in [-0.15, -0.1) is 0 Å². The Kier molecular flexibility index (Phi) is 7.98. The smallest absolute Gasteiger partial charge is 0.312 e. The van der Waals surface area contributed by atoms with Crippen LogP contribution in [0, 0.1) is 5.41 Å². The highest BCUT2D eigenvalue weighted by molar-refractivity contribution is 5.76. The first-order valence-corrected chi connectivity index (χ1v) is 9.66. The molecule has 0 radical (unpaired) electrons. The molecule has 1 atom stereocenters. The Morgan fingerprint density at radius 3 is 2.16 bits per heavy atom. The van der Waals surface area contributed by atoms with Gasteiger partial charge >= 0.3 is 5.97 Å². The predicted octanol–water partition coefficient (Wildman–Crippen LogP) is 6.20. The molecule has 0 bridgehead atoms. The van der Waals surface area contributed by atoms with Crippen LogP contribution in [0.1, 0.15) is 91.5 Å². The molecule has 1 aliphatic rings. The monoisotopic (exact) mass is 348 g/mol. The molecular weight excluding hydrogens is 312 g/mol. The molecule has 3 nitrogen and oxygen atoms in total. The molecule has 1 unspecified atom stereocenters. The van der Waals surface area contributed by atoms with E-state index in [4.69, 9.17) is 9.84 Å². The summed E-state index contributed by atoms with van der Waals surface area (Å²) < 4.78 is 5.62. The van der Waals surface area contributed by atoms with E-state index in [9.17, 15) is 4.79 Å². The van der Waals surface area contributed by atoms with Gasteiger partial charge in [-0.1, -0.05) is 32.9 Å². The van der Waals surface area contributed by atoms with Gasteiger partial charge in [-0.05, 0) is 82.9 Å². The standard InChI is InChI=1S/C12H22O2.C10H14O/c1-5-11(2,3)10(13)14-12(4)8-6-7-9-12;1-3-8(2)9-4-6-10(11)7-5-9/h5-9H2,1-4H3;4-8,11H,3H2,1-2H3. The van der Waals surface area contributed by atoms with E-state index in [2.05, 4.69) is 20.8 Å². The van der Waals surface area contributed by atoms with E-state index in [1.165, 1.54) is 18.4 Å². The van der Waals surface area contributed by atoms with Gasteiger partial charge in [-0.3, -0.25) is 4.79 Å². The molecule has 0 amide bonds. The number of phenols is 1. The second kappa shape index (κ2) is 9.26. The van der Waals surface area contributed by atoms with Crippen molar-refractivity contribution >= 4 is 5.97 Å². The minimum absolute atomic E-state index is 0.0376. The molecule has 1 aromatic rings. The van der Waals surface area contributed by atoms with Crippen molar-refractivity contribution in [1.82, 2.24) is 0 Å². The van der Waals surface area contributed by atoms with Gasteiger partial charge < -0.3 is 9.84 Å². The van der Waals surface area contributed by atoms with Gasteiger partial charge in [0.15, 0.2) is 0 Å². The first-order valence-electron chi connectivity index (χ1n) is 9.66. The van der Waals surface area contributed by atoms with Crippen molar-refractivity contribution in [2.75, 3.05) is 0 Å². The summed E-state index contributed by atoms with van der Waals surface area (Å²) >= 11 is 0. The maximum Gasteiger partial charge on any atom is 0.312 e. The number of hydrogen-bond acceptors (Lipinski definition) is 3. The van der Waals surface area contributed by atoms with Crippen LogP contribution in [-0.2, 0) is 9.53 Å². The first kappa shape index (κ1) is 21.5. The minimum Gasteiger partial charge on any atom is -0.508 e. The Bertz CT molecular complexity index is 525. The van der Waals surface area contributed by atoms with Crippen LogP contribution in [-0.4, -0.2) is 16.7 Å². The molecule has 25 heavy (non-hydrogen) atoms. The summed E-state index contributed by atoms with van der Waals surface area (Å²) in [5.74, 6) is 0.900. The highest BCUT2D eigenvalue weighted by Crippen LogP contribution is 2.35. The summed E-state index contributed by atoms with van der Waals surface area (Å²) in [7, 11) is 0. The molecule has 0 saturated heterocycles. The lowest BCUT2D eigenvalue weighted by atomic mass is 9.90. The summed E-state index contributed by atoms with van der Waals surface area (Å²) in [6, 6.07) is 7.43. The van der Waals surface area contributed by atoms with Crippen molar-refractivity contribution in [2.24, 2.45) is 5.41 Å². The van der Waals surface area contributed by atoms with Crippen molar-refractivity contribution in [3.05, 3.63) is 29.8 Å². The summed E-state index contributed by atoms with van der Waals surface area (Å²) in [5, 5.41) is 9.01. The zero-order chi connectivity index (χ0) is 19.1. The summed E-state index contributed by atoms with van der Waals surface area (Å²) in [4.78, 5) is 11.8. The highest BCUT2D eigenvalue weighted by atomic mass is 16.6. The summed E-state index contributed by atoms with van der Waals surface area (Å²) in [6.07, 6.45) is 6.41. The number of esters is 1. The minimum atomic E-state index is -0.328. The van der Waals surface area contributed by atoms with Gasteiger partial charge in [-0.2, -0.15) is 0 Å². The van der Waals surface area contributed by atoms with Gasteiger partial charge in [-0.25, -0.2) is 0 Å². The Hall–Kier alpha value is -1.51. The van der Waals surface area contributed by atoms with Crippen molar-refractivity contribution in [3.63, 3.8) is 0 Å². The van der Waals surface area contributed by atoms with Crippen LogP contribution in [0.15, 0.2) is 24.3 Å². The SMILES string of the molecule is CCC(C)(C)C(=O)OC1(C)CCCC1.CCC(C)c1ccc(O)cc1. The van der Waals surface area contributed by atoms with Gasteiger partial charge in [0.25, 0.3) is 0 Å². The van der Waals surface area contributed by atoms with Crippen molar-refractivity contribution in [1.29, 1.82) is 0 Å².